The number of hydrogen-bond acceptors (Lipinski definition) is 4. The molecule has 0 bridgehead atoms. The normalized spacial score (nSPS) is 16.7. The minimum absolute atomic E-state index is 0.0324. The fourth-order valence-corrected chi connectivity index (χ4v) is 3.10. The molecule has 0 aliphatic heterocycles. The number of hydrogen-bond donors (Lipinski definition) is 2. The van der Waals surface area contributed by atoms with Crippen LogP contribution in [0, 0.1) is 5.92 Å². The third-order valence-corrected chi connectivity index (χ3v) is 4.51. The monoisotopic (exact) mass is 313 g/mol. The molecule has 0 radical (unpaired) electrons. The summed E-state index contributed by atoms with van der Waals surface area (Å²) in [6, 6.07) is 8.05. The number of rotatable bonds is 5. The van der Waals surface area contributed by atoms with Crippen LogP contribution in [0.2, 0.25) is 0 Å². The summed E-state index contributed by atoms with van der Waals surface area (Å²) in [5.41, 5.74) is 3.95. The van der Waals surface area contributed by atoms with Gasteiger partial charge in [-0.25, -0.2) is 0 Å². The molecule has 1 aliphatic carbocycles. The topological polar surface area (TPSA) is 73.9 Å². The van der Waals surface area contributed by atoms with E-state index in [1.165, 1.54) is 5.69 Å². The number of fused-ring (bicyclic) bond motifs is 1. The molecule has 122 valence electrons. The Balaban J connectivity index is 1.62. The van der Waals surface area contributed by atoms with Gasteiger partial charge in [-0.1, -0.05) is 0 Å². The molecule has 23 heavy (non-hydrogen) atoms. The van der Waals surface area contributed by atoms with Crippen molar-refractivity contribution in [2.45, 2.75) is 33.1 Å². The molecule has 0 spiro atoms. The van der Waals surface area contributed by atoms with E-state index in [2.05, 4.69) is 51.6 Å². The van der Waals surface area contributed by atoms with Crippen LogP contribution in [0.25, 0.3) is 0 Å². The summed E-state index contributed by atoms with van der Waals surface area (Å²) in [5, 5.41) is 13.9. The van der Waals surface area contributed by atoms with E-state index < -0.39 is 0 Å². The maximum atomic E-state index is 12.5. The van der Waals surface area contributed by atoms with E-state index in [-0.39, 0.29) is 11.8 Å². The number of aromatic amines is 1. The fraction of sp³-hybridized carbons (Fsp3) is 0.471. The molecule has 6 nitrogen and oxygen atoms in total. The minimum atomic E-state index is -0.0324. The number of aryl methyl sites for hydroxylation is 1. The highest BCUT2D eigenvalue weighted by atomic mass is 16.1. The van der Waals surface area contributed by atoms with Crippen molar-refractivity contribution in [3.8, 4) is 0 Å². The first-order valence-corrected chi connectivity index (χ1v) is 8.25. The second-order valence-electron chi connectivity index (χ2n) is 5.87. The largest absolute Gasteiger partial charge is 0.372 e. The Bertz CT molecular complexity index is 660. The molecular formula is C17H23N5O. The number of carbonyl (C=O) groups is 1. The van der Waals surface area contributed by atoms with E-state index in [0.717, 1.165) is 43.0 Å². The van der Waals surface area contributed by atoms with Gasteiger partial charge >= 0.3 is 0 Å². The summed E-state index contributed by atoms with van der Waals surface area (Å²) < 4.78 is 0. The quantitative estimate of drug-likeness (QED) is 0.889. The Morgan fingerprint density at radius 2 is 1.91 bits per heavy atom. The van der Waals surface area contributed by atoms with Crippen molar-refractivity contribution in [1.29, 1.82) is 0 Å². The predicted molar refractivity (Wildman–Crippen MR) is 90.5 cm³/mol. The van der Waals surface area contributed by atoms with Crippen molar-refractivity contribution in [3.63, 3.8) is 0 Å². The van der Waals surface area contributed by atoms with Gasteiger partial charge in [0.05, 0.1) is 11.4 Å². The van der Waals surface area contributed by atoms with Crippen molar-refractivity contribution in [2.75, 3.05) is 23.3 Å². The molecule has 2 N–H and O–H groups in total. The van der Waals surface area contributed by atoms with Gasteiger partial charge in [-0.15, -0.1) is 0 Å². The zero-order valence-electron chi connectivity index (χ0n) is 13.7. The zero-order chi connectivity index (χ0) is 16.2. The molecule has 1 aromatic heterocycles. The highest BCUT2D eigenvalue weighted by molar-refractivity contribution is 5.93. The smallest absolute Gasteiger partial charge is 0.227 e. The number of anilines is 2. The lowest BCUT2D eigenvalue weighted by molar-refractivity contribution is -0.120. The first kappa shape index (κ1) is 15.5. The van der Waals surface area contributed by atoms with Gasteiger partial charge in [-0.2, -0.15) is 15.4 Å². The Labute approximate surface area is 136 Å². The molecule has 1 aliphatic rings. The Morgan fingerprint density at radius 3 is 2.61 bits per heavy atom. The van der Waals surface area contributed by atoms with Crippen LogP contribution >= 0.6 is 0 Å². The lowest BCUT2D eigenvalue weighted by atomic mass is 9.89. The first-order chi connectivity index (χ1) is 11.2. The van der Waals surface area contributed by atoms with E-state index in [1.54, 1.807) is 0 Å². The van der Waals surface area contributed by atoms with Gasteiger partial charge in [-0.3, -0.25) is 4.79 Å². The summed E-state index contributed by atoms with van der Waals surface area (Å²) in [4.78, 5) is 14.7. The van der Waals surface area contributed by atoms with Crippen LogP contribution in [-0.4, -0.2) is 34.4 Å². The van der Waals surface area contributed by atoms with E-state index in [0.29, 0.717) is 6.42 Å². The molecule has 3 rings (SSSR count). The number of amides is 1. The van der Waals surface area contributed by atoms with Crippen LogP contribution in [0.1, 0.15) is 31.7 Å². The molecule has 1 amide bonds. The average Bonchev–Trinajstić information content (AvgIpc) is 3.05. The van der Waals surface area contributed by atoms with E-state index >= 15 is 0 Å². The summed E-state index contributed by atoms with van der Waals surface area (Å²) >= 11 is 0. The zero-order valence-corrected chi connectivity index (χ0v) is 13.7. The standard InChI is InChI=1S/C17H23N5O/c1-3-22(4-2)14-8-6-13(7-9-14)18-17(23)12-5-10-15-16(11-12)20-21-19-15/h6-9,12H,3-5,10-11H2,1-2H3,(H,18,23)(H,19,20,21). The van der Waals surface area contributed by atoms with Gasteiger partial charge in [0.15, 0.2) is 0 Å². The minimum Gasteiger partial charge on any atom is -0.372 e. The van der Waals surface area contributed by atoms with Crippen LogP contribution in [0.15, 0.2) is 24.3 Å². The van der Waals surface area contributed by atoms with E-state index in [4.69, 9.17) is 0 Å². The van der Waals surface area contributed by atoms with Crippen molar-refractivity contribution >= 4 is 17.3 Å². The van der Waals surface area contributed by atoms with Crippen LogP contribution in [0.5, 0.6) is 0 Å². The molecule has 1 unspecified atom stereocenters. The third kappa shape index (κ3) is 3.36. The highest BCUT2D eigenvalue weighted by Gasteiger charge is 2.27. The number of nitrogens with zero attached hydrogens (tertiary/aromatic N) is 3. The molecule has 0 saturated carbocycles. The molecule has 1 atom stereocenters. The summed E-state index contributed by atoms with van der Waals surface area (Å²) in [6.07, 6.45) is 2.29. The second-order valence-corrected chi connectivity index (χ2v) is 5.87. The highest BCUT2D eigenvalue weighted by Crippen LogP contribution is 2.24. The average molecular weight is 313 g/mol. The lowest BCUT2D eigenvalue weighted by Crippen LogP contribution is -2.28. The SMILES string of the molecule is CCN(CC)c1ccc(NC(=O)C2CCc3n[nH]nc3C2)cc1. The Kier molecular flexibility index (Phi) is 4.60. The fourth-order valence-electron chi connectivity index (χ4n) is 3.10. The van der Waals surface area contributed by atoms with Crippen LogP contribution in [-0.2, 0) is 17.6 Å². The number of benzene rings is 1. The van der Waals surface area contributed by atoms with E-state index in [1.807, 2.05) is 12.1 Å². The molecule has 2 aromatic rings. The Morgan fingerprint density at radius 1 is 1.22 bits per heavy atom. The predicted octanol–water partition coefficient (Wildman–Crippen LogP) is 2.39. The van der Waals surface area contributed by atoms with Crippen molar-refractivity contribution in [2.24, 2.45) is 5.92 Å². The Hall–Kier alpha value is -2.37. The van der Waals surface area contributed by atoms with Gasteiger partial charge in [0.1, 0.15) is 0 Å². The maximum Gasteiger partial charge on any atom is 0.227 e. The third-order valence-electron chi connectivity index (χ3n) is 4.51. The van der Waals surface area contributed by atoms with Gasteiger partial charge in [0.25, 0.3) is 0 Å². The van der Waals surface area contributed by atoms with Gasteiger partial charge in [0.2, 0.25) is 5.91 Å². The van der Waals surface area contributed by atoms with E-state index in [9.17, 15) is 4.79 Å². The molecule has 1 aromatic carbocycles. The number of carbonyl (C=O) groups excluding carboxylic acids is 1. The summed E-state index contributed by atoms with van der Waals surface area (Å²) in [7, 11) is 0. The van der Waals surface area contributed by atoms with Crippen molar-refractivity contribution in [1.82, 2.24) is 15.4 Å². The molecule has 6 heteroatoms. The first-order valence-electron chi connectivity index (χ1n) is 8.25. The van der Waals surface area contributed by atoms with Crippen LogP contribution in [0.3, 0.4) is 0 Å². The van der Waals surface area contributed by atoms with Crippen molar-refractivity contribution < 1.29 is 4.79 Å². The molecule has 0 saturated heterocycles. The van der Waals surface area contributed by atoms with Crippen molar-refractivity contribution in [3.05, 3.63) is 35.7 Å². The lowest BCUT2D eigenvalue weighted by Gasteiger charge is -2.22. The molecule has 0 fully saturated rings. The molecule has 1 heterocycles. The molecular weight excluding hydrogens is 290 g/mol. The summed E-state index contributed by atoms with van der Waals surface area (Å²) in [6.45, 7) is 6.23. The summed E-state index contributed by atoms with van der Waals surface area (Å²) in [5.74, 6) is 0.0318. The van der Waals surface area contributed by atoms with Gasteiger partial charge < -0.3 is 10.2 Å². The maximum absolute atomic E-state index is 12.5. The van der Waals surface area contributed by atoms with Gasteiger partial charge in [-0.05, 0) is 51.0 Å². The number of H-pyrrole nitrogens is 1. The van der Waals surface area contributed by atoms with Gasteiger partial charge in [0, 0.05) is 36.8 Å². The number of aromatic nitrogens is 3. The number of nitrogens with one attached hydrogen (secondary N) is 2. The second kappa shape index (κ2) is 6.81. The van der Waals surface area contributed by atoms with Crippen LogP contribution in [0.4, 0.5) is 11.4 Å². The van der Waals surface area contributed by atoms with Crippen LogP contribution < -0.4 is 10.2 Å².